The average Bonchev–Trinajstić information content (AvgIpc) is 2.68. The summed E-state index contributed by atoms with van der Waals surface area (Å²) < 4.78 is 13.3. The Labute approximate surface area is 109 Å². The number of thiazole rings is 1. The summed E-state index contributed by atoms with van der Waals surface area (Å²) in [5.74, 6) is -0.244. The number of fused-ring (bicyclic) bond motifs is 1. The summed E-state index contributed by atoms with van der Waals surface area (Å²) in [4.78, 5) is 5.42. The van der Waals surface area contributed by atoms with Gasteiger partial charge in [-0.25, -0.2) is 9.37 Å². The van der Waals surface area contributed by atoms with Crippen molar-refractivity contribution in [1.82, 2.24) is 4.98 Å². The maximum absolute atomic E-state index is 13.3. The molecule has 3 nitrogen and oxygen atoms in total. The monoisotopic (exact) mass is 263 g/mol. The molecule has 0 bridgehead atoms. The number of hydrogen-bond acceptors (Lipinski definition) is 4. The van der Waals surface area contributed by atoms with Crippen molar-refractivity contribution >= 4 is 16.5 Å². The van der Waals surface area contributed by atoms with E-state index in [2.05, 4.69) is 4.98 Å². The lowest BCUT2D eigenvalue weighted by Gasteiger charge is -2.33. The molecule has 5 heteroatoms. The maximum Gasteiger partial charge on any atom is 0.180 e. The first-order valence-electron chi connectivity index (χ1n) is 5.86. The molecule has 1 aromatic heterocycles. The minimum Gasteiger partial charge on any atom is -0.375 e. The molecule has 2 aromatic rings. The lowest BCUT2D eigenvalue weighted by atomic mass is 9.79. The number of benzene rings is 1. The van der Waals surface area contributed by atoms with Crippen LogP contribution in [0.4, 0.5) is 9.52 Å². The van der Waals surface area contributed by atoms with E-state index in [4.69, 9.17) is 11.5 Å². The Morgan fingerprint density at radius 3 is 3.00 bits per heavy atom. The zero-order valence-corrected chi connectivity index (χ0v) is 10.6. The van der Waals surface area contributed by atoms with E-state index in [0.29, 0.717) is 11.6 Å². The number of hydrogen-bond donors (Lipinski definition) is 2. The number of anilines is 1. The van der Waals surface area contributed by atoms with Crippen LogP contribution < -0.4 is 11.5 Å². The van der Waals surface area contributed by atoms with Crippen molar-refractivity contribution in [3.63, 3.8) is 0 Å². The Bertz CT molecular complexity index is 596. The van der Waals surface area contributed by atoms with Gasteiger partial charge in [0.15, 0.2) is 5.13 Å². The quantitative estimate of drug-likeness (QED) is 0.829. The number of halogens is 1. The van der Waals surface area contributed by atoms with E-state index in [1.807, 2.05) is 6.07 Å². The third-order valence-corrected chi connectivity index (χ3v) is 4.41. The van der Waals surface area contributed by atoms with Gasteiger partial charge >= 0.3 is 0 Å². The van der Waals surface area contributed by atoms with E-state index in [1.54, 1.807) is 6.07 Å². The summed E-state index contributed by atoms with van der Waals surface area (Å²) in [5, 5.41) is 0.587. The van der Waals surface area contributed by atoms with Crippen molar-refractivity contribution in [2.45, 2.75) is 24.8 Å². The van der Waals surface area contributed by atoms with Crippen LogP contribution in [0.15, 0.2) is 24.3 Å². The maximum atomic E-state index is 13.3. The molecule has 3 rings (SSSR count). The van der Waals surface area contributed by atoms with E-state index in [9.17, 15) is 4.39 Å². The lowest BCUT2D eigenvalue weighted by molar-refractivity contribution is 0.384. The Hall–Kier alpha value is -1.46. The third kappa shape index (κ3) is 1.89. The highest BCUT2D eigenvalue weighted by atomic mass is 32.1. The van der Waals surface area contributed by atoms with Crippen LogP contribution in [-0.2, 0) is 18.4 Å². The molecular formula is C13H14FN3S. The second-order valence-electron chi connectivity index (χ2n) is 4.77. The predicted octanol–water partition coefficient (Wildman–Crippen LogP) is 2.21. The molecule has 1 aliphatic carbocycles. The highest BCUT2D eigenvalue weighted by Crippen LogP contribution is 2.37. The summed E-state index contributed by atoms with van der Waals surface area (Å²) in [5.41, 5.74) is 13.6. The molecule has 18 heavy (non-hydrogen) atoms. The van der Waals surface area contributed by atoms with Gasteiger partial charge in [-0.1, -0.05) is 12.1 Å². The summed E-state index contributed by atoms with van der Waals surface area (Å²) >= 11 is 1.48. The molecule has 0 radical (unpaired) electrons. The number of aromatic nitrogens is 1. The second kappa shape index (κ2) is 4.03. The van der Waals surface area contributed by atoms with Gasteiger partial charge in [-0.3, -0.25) is 0 Å². The van der Waals surface area contributed by atoms with E-state index in [-0.39, 0.29) is 5.82 Å². The van der Waals surface area contributed by atoms with Crippen LogP contribution in [0.3, 0.4) is 0 Å². The van der Waals surface area contributed by atoms with Crippen LogP contribution in [0.2, 0.25) is 0 Å². The van der Waals surface area contributed by atoms with Gasteiger partial charge in [0.2, 0.25) is 0 Å². The molecule has 0 amide bonds. The fraction of sp³-hybridized carbons (Fsp3) is 0.308. The van der Waals surface area contributed by atoms with Gasteiger partial charge in [0.25, 0.3) is 0 Å². The van der Waals surface area contributed by atoms with E-state index < -0.39 is 5.54 Å². The van der Waals surface area contributed by atoms with Gasteiger partial charge in [0, 0.05) is 16.8 Å². The third-order valence-electron chi connectivity index (χ3n) is 3.48. The van der Waals surface area contributed by atoms with E-state index in [0.717, 1.165) is 29.0 Å². The van der Waals surface area contributed by atoms with Crippen molar-refractivity contribution in [3.8, 4) is 0 Å². The van der Waals surface area contributed by atoms with E-state index >= 15 is 0 Å². The molecule has 1 heterocycles. The van der Waals surface area contributed by atoms with Crippen LogP contribution in [0, 0.1) is 5.82 Å². The minimum atomic E-state index is -0.506. The van der Waals surface area contributed by atoms with E-state index in [1.165, 1.54) is 23.5 Å². The highest BCUT2D eigenvalue weighted by Gasteiger charge is 2.34. The molecule has 1 aliphatic rings. The summed E-state index contributed by atoms with van der Waals surface area (Å²) in [6.07, 6.45) is 2.25. The summed E-state index contributed by atoms with van der Waals surface area (Å²) in [6, 6.07) is 6.55. The minimum absolute atomic E-state index is 0.244. The number of aryl methyl sites for hydroxylation is 1. The molecule has 0 saturated heterocycles. The fourth-order valence-corrected chi connectivity index (χ4v) is 3.50. The van der Waals surface area contributed by atoms with Gasteiger partial charge in [0.1, 0.15) is 5.82 Å². The average molecular weight is 263 g/mol. The van der Waals surface area contributed by atoms with Crippen molar-refractivity contribution in [3.05, 3.63) is 46.2 Å². The van der Waals surface area contributed by atoms with Crippen molar-refractivity contribution < 1.29 is 4.39 Å². The molecule has 0 aliphatic heterocycles. The highest BCUT2D eigenvalue weighted by molar-refractivity contribution is 7.15. The zero-order chi connectivity index (χ0) is 12.8. The number of nitrogen functional groups attached to an aromatic ring is 1. The number of rotatable bonds is 1. The van der Waals surface area contributed by atoms with Gasteiger partial charge in [-0.05, 0) is 30.5 Å². The van der Waals surface area contributed by atoms with Gasteiger partial charge < -0.3 is 11.5 Å². The smallest absolute Gasteiger partial charge is 0.180 e. The van der Waals surface area contributed by atoms with Crippen molar-refractivity contribution in [2.75, 3.05) is 5.73 Å². The topological polar surface area (TPSA) is 64.9 Å². The van der Waals surface area contributed by atoms with Gasteiger partial charge in [-0.2, -0.15) is 0 Å². The van der Waals surface area contributed by atoms with Crippen LogP contribution >= 0.6 is 11.3 Å². The second-order valence-corrected chi connectivity index (χ2v) is 5.88. The normalized spacial score (nSPS) is 22.8. The fourth-order valence-electron chi connectivity index (χ4n) is 2.50. The lowest BCUT2D eigenvalue weighted by Crippen LogP contribution is -2.41. The molecule has 4 N–H and O–H groups in total. The first-order chi connectivity index (χ1) is 8.57. The Kier molecular flexibility index (Phi) is 2.60. The summed E-state index contributed by atoms with van der Waals surface area (Å²) in [6.45, 7) is 0. The molecular weight excluding hydrogens is 249 g/mol. The molecule has 0 fully saturated rings. The largest absolute Gasteiger partial charge is 0.375 e. The van der Waals surface area contributed by atoms with Gasteiger partial charge in [0.05, 0.1) is 5.69 Å². The Morgan fingerprint density at radius 2 is 2.22 bits per heavy atom. The molecule has 0 saturated carbocycles. The van der Waals surface area contributed by atoms with Crippen LogP contribution in [0.1, 0.15) is 22.6 Å². The summed E-state index contributed by atoms with van der Waals surface area (Å²) in [7, 11) is 0. The molecule has 94 valence electrons. The van der Waals surface area contributed by atoms with Crippen LogP contribution in [0.25, 0.3) is 0 Å². The standard InChI is InChI=1S/C13H14FN3S/c14-9-3-1-2-8(6-9)13(16)5-4-10-11(7-13)18-12(15)17-10/h1-3,6H,4-5,7,16H2,(H2,15,17). The number of nitrogens with two attached hydrogens (primary N) is 2. The SMILES string of the molecule is Nc1nc2c(s1)CC(N)(c1cccc(F)c1)CC2. The molecule has 0 spiro atoms. The van der Waals surface area contributed by atoms with Crippen molar-refractivity contribution in [2.24, 2.45) is 5.73 Å². The Morgan fingerprint density at radius 1 is 1.39 bits per heavy atom. The molecule has 1 atom stereocenters. The van der Waals surface area contributed by atoms with Crippen LogP contribution in [-0.4, -0.2) is 4.98 Å². The predicted molar refractivity (Wildman–Crippen MR) is 70.8 cm³/mol. The zero-order valence-electron chi connectivity index (χ0n) is 9.82. The molecule has 1 aromatic carbocycles. The first kappa shape index (κ1) is 11.6. The first-order valence-corrected chi connectivity index (χ1v) is 6.67. The van der Waals surface area contributed by atoms with Crippen molar-refractivity contribution in [1.29, 1.82) is 0 Å². The Balaban J connectivity index is 1.98. The number of nitrogens with zero attached hydrogens (tertiary/aromatic N) is 1. The molecule has 1 unspecified atom stereocenters. The van der Waals surface area contributed by atoms with Gasteiger partial charge in [-0.15, -0.1) is 11.3 Å². The van der Waals surface area contributed by atoms with Crippen LogP contribution in [0.5, 0.6) is 0 Å².